The van der Waals surface area contributed by atoms with E-state index in [2.05, 4.69) is 20.5 Å². The highest BCUT2D eigenvalue weighted by atomic mass is 16.4. The Labute approximate surface area is 135 Å². The summed E-state index contributed by atoms with van der Waals surface area (Å²) >= 11 is 0. The molecule has 3 rings (SSSR count). The molecule has 1 aliphatic rings. The van der Waals surface area contributed by atoms with Gasteiger partial charge in [-0.05, 0) is 44.2 Å². The summed E-state index contributed by atoms with van der Waals surface area (Å²) in [5.74, 6) is 1.01. The number of carbonyl (C=O) groups excluding carboxylic acids is 1. The fourth-order valence-electron chi connectivity index (χ4n) is 2.71. The molecule has 6 heteroatoms. The third kappa shape index (κ3) is 3.41. The first-order chi connectivity index (χ1) is 11.0. The van der Waals surface area contributed by atoms with Gasteiger partial charge in [-0.1, -0.05) is 13.8 Å². The molecule has 0 unspecified atom stereocenters. The lowest BCUT2D eigenvalue weighted by molar-refractivity contribution is 0.0933. The van der Waals surface area contributed by atoms with Crippen molar-refractivity contribution in [1.29, 1.82) is 0 Å². The van der Waals surface area contributed by atoms with Gasteiger partial charge in [0.15, 0.2) is 0 Å². The number of amides is 1. The molecule has 0 bridgehead atoms. The summed E-state index contributed by atoms with van der Waals surface area (Å²) in [5, 5.41) is 10.9. The van der Waals surface area contributed by atoms with Crippen molar-refractivity contribution in [2.75, 3.05) is 0 Å². The minimum Gasteiger partial charge on any atom is -0.423 e. The molecule has 1 atom stereocenters. The van der Waals surface area contributed by atoms with Crippen molar-refractivity contribution in [3.8, 4) is 0 Å². The minimum atomic E-state index is -0.335. The Morgan fingerprint density at radius 1 is 1.17 bits per heavy atom. The molecule has 0 saturated carbocycles. The number of nitrogens with one attached hydrogen (secondary N) is 1. The third-order valence-corrected chi connectivity index (χ3v) is 4.10. The third-order valence-electron chi connectivity index (χ3n) is 4.10. The maximum Gasteiger partial charge on any atom is 0.253 e. The first-order valence-corrected chi connectivity index (χ1v) is 8.16. The largest absolute Gasteiger partial charge is 0.423 e. The normalized spacial score (nSPS) is 15.3. The summed E-state index contributed by atoms with van der Waals surface area (Å²) in [5.41, 5.74) is 2.90. The highest BCUT2D eigenvalue weighted by Gasteiger charge is 2.20. The maximum absolute atomic E-state index is 12.4. The molecule has 2 aromatic rings. The van der Waals surface area contributed by atoms with Crippen molar-refractivity contribution in [2.24, 2.45) is 0 Å². The Morgan fingerprint density at radius 3 is 2.65 bits per heavy atom. The van der Waals surface area contributed by atoms with Gasteiger partial charge in [0.1, 0.15) is 6.04 Å². The smallest absolute Gasteiger partial charge is 0.253 e. The zero-order valence-electron chi connectivity index (χ0n) is 13.8. The SMILES string of the molecule is CC(C)c1nnc([C@H](C)NC(=O)c2cnc3c(c2)CCCC3)o1. The van der Waals surface area contributed by atoms with Gasteiger partial charge in [0.25, 0.3) is 5.91 Å². The monoisotopic (exact) mass is 314 g/mol. The van der Waals surface area contributed by atoms with E-state index in [1.165, 1.54) is 12.0 Å². The zero-order chi connectivity index (χ0) is 16.4. The van der Waals surface area contributed by atoms with Gasteiger partial charge in [0.2, 0.25) is 11.8 Å². The molecule has 0 radical (unpaired) electrons. The number of nitrogens with zero attached hydrogens (tertiary/aromatic N) is 3. The average Bonchev–Trinajstić information content (AvgIpc) is 3.04. The highest BCUT2D eigenvalue weighted by Crippen LogP contribution is 2.21. The lowest BCUT2D eigenvalue weighted by Gasteiger charge is -2.16. The summed E-state index contributed by atoms with van der Waals surface area (Å²) in [6.45, 7) is 5.81. The molecule has 0 saturated heterocycles. The van der Waals surface area contributed by atoms with E-state index in [4.69, 9.17) is 4.42 Å². The van der Waals surface area contributed by atoms with E-state index in [1.54, 1.807) is 6.20 Å². The van der Waals surface area contributed by atoms with Crippen molar-refractivity contribution < 1.29 is 9.21 Å². The second kappa shape index (κ2) is 6.48. The molecule has 122 valence electrons. The van der Waals surface area contributed by atoms with Crippen LogP contribution in [0.15, 0.2) is 16.7 Å². The molecule has 1 aliphatic carbocycles. The summed E-state index contributed by atoms with van der Waals surface area (Å²) < 4.78 is 5.58. The van der Waals surface area contributed by atoms with Crippen LogP contribution >= 0.6 is 0 Å². The second-order valence-corrected chi connectivity index (χ2v) is 6.37. The molecular weight excluding hydrogens is 292 g/mol. The van der Waals surface area contributed by atoms with Crippen LogP contribution in [0, 0.1) is 0 Å². The predicted octanol–water partition coefficient (Wildman–Crippen LogP) is 2.96. The van der Waals surface area contributed by atoms with Crippen molar-refractivity contribution in [3.63, 3.8) is 0 Å². The number of hydrogen-bond acceptors (Lipinski definition) is 5. The van der Waals surface area contributed by atoms with Crippen LogP contribution in [0.2, 0.25) is 0 Å². The van der Waals surface area contributed by atoms with E-state index in [0.29, 0.717) is 17.3 Å². The van der Waals surface area contributed by atoms with Crippen LogP contribution in [-0.2, 0) is 12.8 Å². The molecule has 0 aliphatic heterocycles. The van der Waals surface area contributed by atoms with Crippen LogP contribution in [-0.4, -0.2) is 21.1 Å². The summed E-state index contributed by atoms with van der Waals surface area (Å²) in [4.78, 5) is 16.8. The van der Waals surface area contributed by atoms with E-state index in [9.17, 15) is 4.79 Å². The van der Waals surface area contributed by atoms with Crippen LogP contribution in [0.4, 0.5) is 0 Å². The van der Waals surface area contributed by atoms with Gasteiger partial charge >= 0.3 is 0 Å². The number of carbonyl (C=O) groups is 1. The standard InChI is InChI=1S/C17H22N4O2/c1-10(2)16-20-21-17(23-16)11(3)19-15(22)13-8-12-6-4-5-7-14(12)18-9-13/h8-11H,4-7H2,1-3H3,(H,19,22)/t11-/m0/s1. The Balaban J connectivity index is 1.70. The number of rotatable bonds is 4. The molecule has 2 aromatic heterocycles. The minimum absolute atomic E-state index is 0.164. The molecule has 1 N–H and O–H groups in total. The zero-order valence-corrected chi connectivity index (χ0v) is 13.8. The number of hydrogen-bond donors (Lipinski definition) is 1. The average molecular weight is 314 g/mol. The van der Waals surface area contributed by atoms with Gasteiger partial charge in [-0.15, -0.1) is 10.2 Å². The first kappa shape index (κ1) is 15.6. The van der Waals surface area contributed by atoms with E-state index >= 15 is 0 Å². The van der Waals surface area contributed by atoms with Gasteiger partial charge in [-0.25, -0.2) is 0 Å². The molecule has 0 spiro atoms. The van der Waals surface area contributed by atoms with Crippen LogP contribution in [0.5, 0.6) is 0 Å². The summed E-state index contributed by atoms with van der Waals surface area (Å²) in [6, 6.07) is 1.62. The summed E-state index contributed by atoms with van der Waals surface area (Å²) in [6.07, 6.45) is 6.00. The lowest BCUT2D eigenvalue weighted by Crippen LogP contribution is -2.27. The molecule has 6 nitrogen and oxygen atoms in total. The molecule has 1 amide bonds. The predicted molar refractivity (Wildman–Crippen MR) is 85.1 cm³/mol. The van der Waals surface area contributed by atoms with E-state index in [-0.39, 0.29) is 17.9 Å². The molecule has 2 heterocycles. The van der Waals surface area contributed by atoms with Crippen LogP contribution in [0.25, 0.3) is 0 Å². The Morgan fingerprint density at radius 2 is 1.91 bits per heavy atom. The van der Waals surface area contributed by atoms with Gasteiger partial charge in [-0.3, -0.25) is 9.78 Å². The Kier molecular flexibility index (Phi) is 4.41. The quantitative estimate of drug-likeness (QED) is 0.938. The molecule has 0 fully saturated rings. The van der Waals surface area contributed by atoms with E-state index in [0.717, 1.165) is 25.0 Å². The van der Waals surface area contributed by atoms with Crippen molar-refractivity contribution >= 4 is 5.91 Å². The van der Waals surface area contributed by atoms with E-state index < -0.39 is 0 Å². The second-order valence-electron chi connectivity index (χ2n) is 6.37. The number of pyridine rings is 1. The fourth-order valence-corrected chi connectivity index (χ4v) is 2.71. The Hall–Kier alpha value is -2.24. The van der Waals surface area contributed by atoms with Crippen molar-refractivity contribution in [1.82, 2.24) is 20.5 Å². The van der Waals surface area contributed by atoms with Gasteiger partial charge in [0, 0.05) is 17.8 Å². The van der Waals surface area contributed by atoms with Crippen LogP contribution in [0.1, 0.15) is 79.0 Å². The van der Waals surface area contributed by atoms with Crippen molar-refractivity contribution in [2.45, 2.75) is 58.4 Å². The summed E-state index contributed by atoms with van der Waals surface area (Å²) in [7, 11) is 0. The van der Waals surface area contributed by atoms with Gasteiger partial charge in [-0.2, -0.15) is 0 Å². The van der Waals surface area contributed by atoms with E-state index in [1.807, 2.05) is 26.8 Å². The number of aryl methyl sites for hydroxylation is 2. The highest BCUT2D eigenvalue weighted by molar-refractivity contribution is 5.94. The Bertz CT molecular complexity index is 708. The van der Waals surface area contributed by atoms with Crippen LogP contribution < -0.4 is 5.32 Å². The molecular formula is C17H22N4O2. The topological polar surface area (TPSA) is 80.9 Å². The lowest BCUT2D eigenvalue weighted by atomic mass is 9.95. The van der Waals surface area contributed by atoms with Crippen LogP contribution in [0.3, 0.4) is 0 Å². The van der Waals surface area contributed by atoms with Crippen molar-refractivity contribution in [3.05, 3.63) is 40.9 Å². The number of fused-ring (bicyclic) bond motifs is 1. The molecule has 0 aromatic carbocycles. The first-order valence-electron chi connectivity index (χ1n) is 8.16. The van der Waals surface area contributed by atoms with Gasteiger partial charge in [0.05, 0.1) is 5.56 Å². The maximum atomic E-state index is 12.4. The van der Waals surface area contributed by atoms with Gasteiger partial charge < -0.3 is 9.73 Å². The molecule has 23 heavy (non-hydrogen) atoms. The fraction of sp³-hybridized carbons (Fsp3) is 0.529. The number of aromatic nitrogens is 3.